The van der Waals surface area contributed by atoms with Crippen molar-refractivity contribution in [1.82, 2.24) is 19.9 Å². The van der Waals surface area contributed by atoms with Gasteiger partial charge in [-0.2, -0.15) is 0 Å². The zero-order valence-corrected chi connectivity index (χ0v) is 28.7. The molecule has 3 aromatic rings. The first-order valence-electron chi connectivity index (χ1n) is 16.5. The van der Waals surface area contributed by atoms with E-state index in [0.717, 1.165) is 38.9 Å². The molecule has 0 spiro atoms. The molecule has 0 aromatic carbocycles. The lowest BCUT2D eigenvalue weighted by Gasteiger charge is -2.36. The topological polar surface area (TPSA) is 207 Å². The Hall–Kier alpha value is -5.88. The molecule has 12 heteroatoms. The van der Waals surface area contributed by atoms with Gasteiger partial charge in [0.15, 0.2) is 5.78 Å². The minimum absolute atomic E-state index is 0.105. The van der Waals surface area contributed by atoms with Crippen LogP contribution in [0.3, 0.4) is 0 Å². The summed E-state index contributed by atoms with van der Waals surface area (Å²) in [6.07, 6.45) is 4.90. The third kappa shape index (κ3) is 5.91. The molecule has 0 saturated carbocycles. The van der Waals surface area contributed by atoms with Crippen molar-refractivity contribution in [2.75, 3.05) is 6.61 Å². The first kappa shape index (κ1) is 35.0. The highest BCUT2D eigenvalue weighted by Gasteiger charge is 2.52. The van der Waals surface area contributed by atoms with E-state index < -0.39 is 41.6 Å². The number of aromatic amines is 2. The standard InChI is InChI=1S/C39H38N4O8/c1-6-21-18(2)27-14-32-25-10-7-24(38(50)51)37(33(45)17-44)39(25,5)34(43-32)16-28-20(4)23(9-12-36(48)49)31(42-28)15-30-22(8-11-35(46)47)19(3)26(41-30)13-29(21)40-27/h6-7,10,13-16,37,41-42,44H,1,8-9,11-12,17H2,2-5H3,(H,46,47)(H,48,49)(H,50,51)/t37?,39-/m1/s1. The van der Waals surface area contributed by atoms with Gasteiger partial charge in [-0.15, -0.1) is 0 Å². The number of nitrogens with zero attached hydrogens (tertiary/aromatic N) is 2. The van der Waals surface area contributed by atoms with Gasteiger partial charge < -0.3 is 30.4 Å². The molecule has 1 unspecified atom stereocenters. The molecular weight excluding hydrogens is 652 g/mol. The Kier molecular flexibility index (Phi) is 8.98. The normalized spacial score (nSPS) is 18.2. The van der Waals surface area contributed by atoms with Gasteiger partial charge >= 0.3 is 17.9 Å². The predicted octanol–water partition coefficient (Wildman–Crippen LogP) is 5.63. The van der Waals surface area contributed by atoms with E-state index in [1.807, 2.05) is 32.9 Å². The third-order valence-corrected chi connectivity index (χ3v) is 10.4. The summed E-state index contributed by atoms with van der Waals surface area (Å²) >= 11 is 0. The molecular formula is C39H38N4O8. The molecule has 51 heavy (non-hydrogen) atoms. The van der Waals surface area contributed by atoms with Gasteiger partial charge in [0.05, 0.1) is 34.1 Å². The zero-order valence-electron chi connectivity index (χ0n) is 28.7. The number of aliphatic hydroxyl groups excluding tert-OH is 1. The average Bonchev–Trinajstić information content (AvgIpc) is 3.73. The number of carboxylic acid groups (broad SMARTS) is 3. The van der Waals surface area contributed by atoms with E-state index in [2.05, 4.69) is 16.5 Å². The number of allylic oxidation sites excluding steroid dienone is 6. The molecule has 6 N–H and O–H groups in total. The number of carbonyl (C=O) groups excluding carboxylic acids is 1. The van der Waals surface area contributed by atoms with Gasteiger partial charge in [0.1, 0.15) is 6.61 Å². The molecule has 6 rings (SSSR count). The van der Waals surface area contributed by atoms with Crippen LogP contribution in [0.1, 0.15) is 71.7 Å². The van der Waals surface area contributed by atoms with E-state index >= 15 is 0 Å². The monoisotopic (exact) mass is 690 g/mol. The van der Waals surface area contributed by atoms with Gasteiger partial charge in [0, 0.05) is 46.1 Å². The van der Waals surface area contributed by atoms with Crippen LogP contribution in [0.15, 0.2) is 54.6 Å². The number of carboxylic acids is 3. The van der Waals surface area contributed by atoms with Crippen molar-refractivity contribution in [3.63, 3.8) is 0 Å². The molecule has 0 saturated heterocycles. The number of carbonyl (C=O) groups is 4. The Morgan fingerprint density at radius 2 is 1.39 bits per heavy atom. The van der Waals surface area contributed by atoms with Crippen molar-refractivity contribution in [1.29, 1.82) is 0 Å². The molecule has 8 bridgehead atoms. The second-order valence-electron chi connectivity index (χ2n) is 13.3. The summed E-state index contributed by atoms with van der Waals surface area (Å²) in [6, 6.07) is 7.26. The maximum absolute atomic E-state index is 13.4. The smallest absolute Gasteiger partial charge is 0.332 e. The van der Waals surface area contributed by atoms with Crippen LogP contribution in [-0.4, -0.2) is 70.7 Å². The molecule has 0 fully saturated rings. The molecule has 5 heterocycles. The molecule has 1 aliphatic carbocycles. The largest absolute Gasteiger partial charge is 0.481 e. The lowest BCUT2D eigenvalue weighted by Crippen LogP contribution is -2.42. The summed E-state index contributed by atoms with van der Waals surface area (Å²) < 4.78 is 0. The predicted molar refractivity (Wildman–Crippen MR) is 192 cm³/mol. The van der Waals surface area contributed by atoms with Crippen LogP contribution in [0, 0.1) is 19.8 Å². The molecule has 0 amide bonds. The Morgan fingerprint density at radius 3 is 1.92 bits per heavy atom. The fraction of sp³-hybridized carbons (Fsp3) is 0.282. The Morgan fingerprint density at radius 1 is 0.804 bits per heavy atom. The summed E-state index contributed by atoms with van der Waals surface area (Å²) in [7, 11) is 0. The van der Waals surface area contributed by atoms with E-state index in [4.69, 9.17) is 9.97 Å². The Labute approximate surface area is 292 Å². The number of aromatic nitrogens is 4. The van der Waals surface area contributed by atoms with Gasteiger partial charge in [0.2, 0.25) is 0 Å². The fourth-order valence-electron chi connectivity index (χ4n) is 7.59. The van der Waals surface area contributed by atoms with Gasteiger partial charge in [0.25, 0.3) is 0 Å². The van der Waals surface area contributed by atoms with Gasteiger partial charge in [-0.1, -0.05) is 24.8 Å². The minimum Gasteiger partial charge on any atom is -0.481 e. The van der Waals surface area contributed by atoms with Crippen molar-refractivity contribution in [2.24, 2.45) is 5.92 Å². The molecule has 3 aromatic heterocycles. The maximum Gasteiger partial charge on any atom is 0.332 e. The maximum atomic E-state index is 13.4. The number of nitrogens with one attached hydrogen (secondary N) is 2. The number of Topliss-reactive ketones (excluding diaryl/α,β-unsaturated/α-hetero) is 1. The van der Waals surface area contributed by atoms with Crippen molar-refractivity contribution in [3.8, 4) is 0 Å². The number of hydrogen-bond donors (Lipinski definition) is 6. The van der Waals surface area contributed by atoms with E-state index in [0.29, 0.717) is 44.9 Å². The molecule has 262 valence electrons. The van der Waals surface area contributed by atoms with Crippen molar-refractivity contribution < 1.29 is 39.6 Å². The first-order chi connectivity index (χ1) is 24.2. The van der Waals surface area contributed by atoms with E-state index in [9.17, 15) is 39.6 Å². The van der Waals surface area contributed by atoms with Crippen LogP contribution >= 0.6 is 0 Å². The number of aliphatic hydroxyl groups is 1. The number of aryl methyl sites for hydroxylation is 4. The van der Waals surface area contributed by atoms with Gasteiger partial charge in [-0.05, 0) is 98.2 Å². The number of H-pyrrole nitrogens is 2. The second-order valence-corrected chi connectivity index (χ2v) is 13.3. The summed E-state index contributed by atoms with van der Waals surface area (Å²) in [4.78, 5) is 66.2. The minimum atomic E-state index is -1.31. The molecule has 12 nitrogen and oxygen atoms in total. The molecule has 2 atom stereocenters. The first-order valence-corrected chi connectivity index (χ1v) is 16.5. The van der Waals surface area contributed by atoms with E-state index in [-0.39, 0.29) is 31.3 Å². The van der Waals surface area contributed by atoms with Crippen LogP contribution in [0.5, 0.6) is 0 Å². The fourth-order valence-corrected chi connectivity index (χ4v) is 7.59. The van der Waals surface area contributed by atoms with Crippen LogP contribution in [0.2, 0.25) is 0 Å². The summed E-state index contributed by atoms with van der Waals surface area (Å²) in [6.45, 7) is 10.5. The van der Waals surface area contributed by atoms with Gasteiger partial charge in [-0.3, -0.25) is 19.4 Å². The van der Waals surface area contributed by atoms with Crippen molar-refractivity contribution in [3.05, 3.63) is 99.7 Å². The Bertz CT molecular complexity index is 2340. The number of ketones is 1. The van der Waals surface area contributed by atoms with Crippen molar-refractivity contribution >= 4 is 62.5 Å². The number of fused-ring (bicyclic) bond motifs is 11. The Balaban J connectivity index is 1.80. The number of rotatable bonds is 10. The highest BCUT2D eigenvalue weighted by molar-refractivity contribution is 6.03. The van der Waals surface area contributed by atoms with Crippen LogP contribution < -0.4 is 0 Å². The second kappa shape index (κ2) is 13.1. The van der Waals surface area contributed by atoms with Crippen LogP contribution in [-0.2, 0) is 37.4 Å². The summed E-state index contributed by atoms with van der Waals surface area (Å²) in [5.74, 6) is -5.16. The molecule has 3 aliphatic rings. The number of aliphatic carboxylic acids is 3. The lowest BCUT2D eigenvalue weighted by molar-refractivity contribution is -0.138. The average molecular weight is 691 g/mol. The summed E-state index contributed by atoms with van der Waals surface area (Å²) in [5, 5.41) is 39.4. The highest BCUT2D eigenvalue weighted by Crippen LogP contribution is 2.52. The molecule has 2 aliphatic heterocycles. The third-order valence-electron chi connectivity index (χ3n) is 10.4. The van der Waals surface area contributed by atoms with E-state index in [1.54, 1.807) is 31.2 Å². The quantitative estimate of drug-likeness (QED) is 0.155. The SMILES string of the molecule is C=CC1=C(C)c2cc3nc(cc4[nH]c(cc5[nH]c(cc1n2)c(C)c5CCC(=O)O)c(CCC(=O)O)c4C)[C@@]1(C)C3=CC=C(C(=O)O)C1C(=O)CO. The lowest BCUT2D eigenvalue weighted by atomic mass is 9.63. The highest BCUT2D eigenvalue weighted by atomic mass is 16.4. The van der Waals surface area contributed by atoms with E-state index in [1.165, 1.54) is 6.08 Å². The van der Waals surface area contributed by atoms with Crippen LogP contribution in [0.4, 0.5) is 0 Å². The van der Waals surface area contributed by atoms with Gasteiger partial charge in [-0.25, -0.2) is 9.78 Å². The molecule has 0 radical (unpaired) electrons. The van der Waals surface area contributed by atoms with Crippen molar-refractivity contribution in [2.45, 2.75) is 58.8 Å². The number of hydrogen-bond acceptors (Lipinski definition) is 7. The zero-order chi connectivity index (χ0) is 36.9. The summed E-state index contributed by atoms with van der Waals surface area (Å²) in [5.41, 5.74) is 8.32. The van der Waals surface area contributed by atoms with Crippen LogP contribution in [0.25, 0.3) is 38.8 Å².